The number of nitrogens with zero attached hydrogens (tertiary/aromatic N) is 1. The van der Waals surface area contributed by atoms with Gasteiger partial charge in [-0.25, -0.2) is 13.1 Å². The van der Waals surface area contributed by atoms with E-state index in [0.29, 0.717) is 12.6 Å². The van der Waals surface area contributed by atoms with Gasteiger partial charge in [0.25, 0.3) is 0 Å². The molecule has 0 amide bonds. The van der Waals surface area contributed by atoms with Gasteiger partial charge in [0.05, 0.1) is 5.25 Å². The van der Waals surface area contributed by atoms with Crippen LogP contribution >= 0.6 is 0 Å². The van der Waals surface area contributed by atoms with E-state index in [9.17, 15) is 8.42 Å². The second kappa shape index (κ2) is 7.20. The second-order valence-electron chi connectivity index (χ2n) is 6.42. The van der Waals surface area contributed by atoms with Crippen LogP contribution in [-0.2, 0) is 10.0 Å². The zero-order chi connectivity index (χ0) is 14.6. The molecule has 1 aliphatic heterocycles. The molecule has 1 heterocycles. The summed E-state index contributed by atoms with van der Waals surface area (Å²) in [4.78, 5) is 2.36. The van der Waals surface area contributed by atoms with Crippen molar-refractivity contribution < 1.29 is 8.42 Å². The molecular formula is C14H29N3O2S. The summed E-state index contributed by atoms with van der Waals surface area (Å²) in [6.45, 7) is 7.33. The number of rotatable bonds is 8. The third-order valence-electron chi connectivity index (χ3n) is 4.15. The summed E-state index contributed by atoms with van der Waals surface area (Å²) in [5.74, 6) is 0. The molecule has 0 radical (unpaired) electrons. The Labute approximate surface area is 123 Å². The summed E-state index contributed by atoms with van der Waals surface area (Å²) in [6.07, 6.45) is 6.15. The monoisotopic (exact) mass is 303 g/mol. The minimum Gasteiger partial charge on any atom is -0.313 e. The maximum atomic E-state index is 12.2. The molecule has 20 heavy (non-hydrogen) atoms. The van der Waals surface area contributed by atoms with Crippen molar-refractivity contribution >= 4 is 10.0 Å². The van der Waals surface area contributed by atoms with Crippen LogP contribution in [0.25, 0.3) is 0 Å². The molecule has 0 aromatic carbocycles. The Bertz CT molecular complexity index is 389. The van der Waals surface area contributed by atoms with Crippen molar-refractivity contribution in [1.82, 2.24) is 14.9 Å². The van der Waals surface area contributed by atoms with Gasteiger partial charge in [-0.2, -0.15) is 0 Å². The highest BCUT2D eigenvalue weighted by Gasteiger charge is 2.27. The standard InChI is InChI=1S/C14H29N3O2S/c1-12(11-17-8-4-3-5-9-17)16-20(18,19)13(2)10-15-14-6-7-14/h12-16H,3-11H2,1-2H3. The zero-order valence-electron chi connectivity index (χ0n) is 12.8. The highest BCUT2D eigenvalue weighted by atomic mass is 32.2. The van der Waals surface area contributed by atoms with Crippen LogP contribution in [0, 0.1) is 0 Å². The van der Waals surface area contributed by atoms with Crippen molar-refractivity contribution in [2.45, 2.75) is 63.3 Å². The fraction of sp³-hybridized carbons (Fsp3) is 1.00. The SMILES string of the molecule is CC(CN1CCCCC1)NS(=O)(=O)C(C)CNC1CC1. The zero-order valence-corrected chi connectivity index (χ0v) is 13.6. The van der Waals surface area contributed by atoms with Crippen molar-refractivity contribution in [3.8, 4) is 0 Å². The van der Waals surface area contributed by atoms with Crippen LogP contribution in [0.3, 0.4) is 0 Å². The van der Waals surface area contributed by atoms with Gasteiger partial charge in [-0.3, -0.25) is 0 Å². The highest BCUT2D eigenvalue weighted by molar-refractivity contribution is 7.90. The predicted octanol–water partition coefficient (Wildman–Crippen LogP) is 0.921. The molecule has 0 aromatic heterocycles. The lowest BCUT2D eigenvalue weighted by atomic mass is 10.1. The van der Waals surface area contributed by atoms with Crippen molar-refractivity contribution in [2.75, 3.05) is 26.2 Å². The van der Waals surface area contributed by atoms with E-state index in [-0.39, 0.29) is 11.3 Å². The van der Waals surface area contributed by atoms with E-state index in [0.717, 1.165) is 19.6 Å². The van der Waals surface area contributed by atoms with Gasteiger partial charge in [-0.05, 0) is 52.6 Å². The Balaban J connectivity index is 1.73. The number of likely N-dealkylation sites (tertiary alicyclic amines) is 1. The van der Waals surface area contributed by atoms with Crippen molar-refractivity contribution in [3.05, 3.63) is 0 Å². The summed E-state index contributed by atoms with van der Waals surface area (Å²) < 4.78 is 27.3. The Kier molecular flexibility index (Phi) is 5.84. The molecule has 2 aliphatic rings. The molecular weight excluding hydrogens is 274 g/mol. The molecule has 118 valence electrons. The van der Waals surface area contributed by atoms with Crippen LogP contribution < -0.4 is 10.0 Å². The molecule has 1 saturated heterocycles. The molecule has 2 N–H and O–H groups in total. The van der Waals surface area contributed by atoms with Crippen molar-refractivity contribution in [2.24, 2.45) is 0 Å². The molecule has 0 bridgehead atoms. The third-order valence-corrected chi connectivity index (χ3v) is 6.10. The van der Waals surface area contributed by atoms with Crippen molar-refractivity contribution in [3.63, 3.8) is 0 Å². The van der Waals surface area contributed by atoms with Crippen LogP contribution in [0.4, 0.5) is 0 Å². The molecule has 2 unspecified atom stereocenters. The molecule has 0 aromatic rings. The van der Waals surface area contributed by atoms with Gasteiger partial charge < -0.3 is 10.2 Å². The van der Waals surface area contributed by atoms with Gasteiger partial charge in [-0.15, -0.1) is 0 Å². The van der Waals surface area contributed by atoms with E-state index in [4.69, 9.17) is 0 Å². The average Bonchev–Trinajstić information content (AvgIpc) is 3.20. The van der Waals surface area contributed by atoms with E-state index in [1.54, 1.807) is 6.92 Å². The fourth-order valence-electron chi connectivity index (χ4n) is 2.69. The van der Waals surface area contributed by atoms with Gasteiger partial charge in [0.1, 0.15) is 0 Å². The average molecular weight is 303 g/mol. The van der Waals surface area contributed by atoms with Gasteiger partial charge in [0.2, 0.25) is 10.0 Å². The summed E-state index contributed by atoms with van der Waals surface area (Å²) in [6, 6.07) is 0.542. The minimum atomic E-state index is -3.22. The number of hydrogen-bond acceptors (Lipinski definition) is 4. The summed E-state index contributed by atoms with van der Waals surface area (Å²) in [5, 5.41) is 2.92. The van der Waals surface area contributed by atoms with E-state index in [2.05, 4.69) is 14.9 Å². The maximum Gasteiger partial charge on any atom is 0.215 e. The Morgan fingerprint density at radius 2 is 1.80 bits per heavy atom. The maximum absolute atomic E-state index is 12.2. The quantitative estimate of drug-likeness (QED) is 0.700. The Morgan fingerprint density at radius 3 is 2.40 bits per heavy atom. The highest BCUT2D eigenvalue weighted by Crippen LogP contribution is 2.18. The van der Waals surface area contributed by atoms with E-state index < -0.39 is 10.0 Å². The molecule has 1 aliphatic carbocycles. The number of sulfonamides is 1. The van der Waals surface area contributed by atoms with Crippen LogP contribution in [0.1, 0.15) is 46.0 Å². The van der Waals surface area contributed by atoms with Gasteiger partial charge in [0, 0.05) is 25.2 Å². The van der Waals surface area contributed by atoms with Crippen LogP contribution in [-0.4, -0.2) is 56.8 Å². The lowest BCUT2D eigenvalue weighted by Crippen LogP contribution is -2.47. The van der Waals surface area contributed by atoms with Crippen LogP contribution in [0.5, 0.6) is 0 Å². The summed E-state index contributed by atoms with van der Waals surface area (Å²) in [7, 11) is -3.22. The van der Waals surface area contributed by atoms with Crippen LogP contribution in [0.15, 0.2) is 0 Å². The number of nitrogens with one attached hydrogen (secondary N) is 2. The first-order valence-electron chi connectivity index (χ1n) is 7.94. The number of piperidine rings is 1. The van der Waals surface area contributed by atoms with E-state index in [1.165, 1.54) is 32.1 Å². The van der Waals surface area contributed by atoms with Gasteiger partial charge in [-0.1, -0.05) is 6.42 Å². The topological polar surface area (TPSA) is 61.4 Å². The largest absolute Gasteiger partial charge is 0.313 e. The molecule has 6 heteroatoms. The molecule has 2 fully saturated rings. The fourth-order valence-corrected chi connectivity index (χ4v) is 3.88. The molecule has 2 atom stereocenters. The van der Waals surface area contributed by atoms with Gasteiger partial charge >= 0.3 is 0 Å². The van der Waals surface area contributed by atoms with Crippen molar-refractivity contribution in [1.29, 1.82) is 0 Å². The molecule has 1 saturated carbocycles. The van der Waals surface area contributed by atoms with E-state index >= 15 is 0 Å². The van der Waals surface area contributed by atoms with Gasteiger partial charge in [0.15, 0.2) is 0 Å². The third kappa shape index (κ3) is 5.31. The Morgan fingerprint density at radius 1 is 1.15 bits per heavy atom. The lowest BCUT2D eigenvalue weighted by Gasteiger charge is -2.29. The first kappa shape index (κ1) is 16.2. The number of hydrogen-bond donors (Lipinski definition) is 2. The van der Waals surface area contributed by atoms with Crippen LogP contribution in [0.2, 0.25) is 0 Å². The summed E-state index contributed by atoms with van der Waals surface area (Å²) >= 11 is 0. The second-order valence-corrected chi connectivity index (χ2v) is 8.55. The van der Waals surface area contributed by atoms with E-state index in [1.807, 2.05) is 6.92 Å². The molecule has 5 nitrogen and oxygen atoms in total. The first-order chi connectivity index (χ1) is 9.47. The first-order valence-corrected chi connectivity index (χ1v) is 9.49. The summed E-state index contributed by atoms with van der Waals surface area (Å²) in [5.41, 5.74) is 0. The normalized spacial score (nSPS) is 24.5. The molecule has 2 rings (SSSR count). The molecule has 0 spiro atoms. The minimum absolute atomic E-state index is 0.0125. The Hall–Kier alpha value is -0.170. The lowest BCUT2D eigenvalue weighted by molar-refractivity contribution is 0.215. The predicted molar refractivity (Wildman–Crippen MR) is 82.3 cm³/mol. The smallest absolute Gasteiger partial charge is 0.215 e.